The third-order valence-electron chi connectivity index (χ3n) is 1.47. The minimum absolute atomic E-state index is 0. The number of hydrogen-bond acceptors (Lipinski definition) is 0. The predicted octanol–water partition coefficient (Wildman–Crippen LogP) is 2.75. The van der Waals surface area contributed by atoms with Gasteiger partial charge in [0.15, 0.2) is 0 Å². The average molecular weight is 321 g/mol. The van der Waals surface area contributed by atoms with Crippen molar-refractivity contribution in [3.63, 3.8) is 0 Å². The van der Waals surface area contributed by atoms with E-state index in [1.807, 2.05) is 13.8 Å². The van der Waals surface area contributed by atoms with Gasteiger partial charge in [-0.25, -0.2) is 0 Å². The first-order valence-corrected chi connectivity index (χ1v) is 3.37. The Kier molecular flexibility index (Phi) is 4.59. The van der Waals surface area contributed by atoms with Crippen molar-refractivity contribution in [2.75, 3.05) is 0 Å². The van der Waals surface area contributed by atoms with Crippen LogP contribution in [0.3, 0.4) is 0 Å². The quantitative estimate of drug-likeness (QED) is 0.698. The second-order valence-electron chi connectivity index (χ2n) is 2.60. The molecule has 0 saturated heterocycles. The summed E-state index contributed by atoms with van der Waals surface area (Å²) in [4.78, 5) is 0. The van der Waals surface area contributed by atoms with Gasteiger partial charge in [0.1, 0.15) is 0 Å². The molecule has 0 fully saturated rings. The number of hydrogen-bond donors (Lipinski definition) is 0. The predicted molar refractivity (Wildman–Crippen MR) is 39.3 cm³/mol. The molecule has 1 aromatic carbocycles. The molecule has 0 unspecified atom stereocenters. The van der Waals surface area contributed by atoms with Gasteiger partial charge in [-0.2, -0.15) is 18.2 Å². The zero-order chi connectivity index (χ0) is 7.56. The molecule has 0 aliphatic heterocycles. The van der Waals surface area contributed by atoms with Crippen LogP contribution < -0.4 is 0 Å². The van der Waals surface area contributed by atoms with Crippen molar-refractivity contribution in [2.24, 2.45) is 0 Å². The van der Waals surface area contributed by atoms with Crippen LogP contribution >= 0.6 is 0 Å². The second kappa shape index (κ2) is 4.66. The van der Waals surface area contributed by atoms with Crippen molar-refractivity contribution in [1.82, 2.24) is 0 Å². The van der Waals surface area contributed by atoms with Crippen LogP contribution in [0.5, 0.6) is 0 Å². The van der Waals surface area contributed by atoms with Crippen LogP contribution in [0.25, 0.3) is 0 Å². The smallest absolute Gasteiger partial charge is 0.0121 e. The molecule has 0 atom stereocenters. The molecule has 2 heteroatoms. The van der Waals surface area contributed by atoms with E-state index in [2.05, 4.69) is 6.07 Å². The number of benzene rings is 1. The van der Waals surface area contributed by atoms with Crippen LogP contribution in [-0.2, 0) is 21.1 Å². The van der Waals surface area contributed by atoms with Gasteiger partial charge in [0.25, 0.3) is 0 Å². The van der Waals surface area contributed by atoms with Crippen LogP contribution in [0.2, 0.25) is 0 Å². The van der Waals surface area contributed by atoms with E-state index in [1.165, 1.54) is 6.07 Å². The minimum atomic E-state index is -0.155. The van der Waals surface area contributed by atoms with E-state index in [4.69, 9.17) is 0 Å². The third-order valence-corrected chi connectivity index (χ3v) is 1.47. The molecule has 0 aliphatic carbocycles. The van der Waals surface area contributed by atoms with E-state index in [0.29, 0.717) is 0 Å². The zero-order valence-corrected chi connectivity index (χ0v) is 9.53. The van der Waals surface area contributed by atoms with Gasteiger partial charge in [-0.15, -0.1) is 11.6 Å². The molecular weight excluding hydrogens is 311 g/mol. The standard InChI is InChI=1S/C9H10F.W/c1-7(2)8-5-3-4-6-9(8)10;/h3,5-7H,1-2H3;/q-1;. The Balaban J connectivity index is 0.000001000. The Morgan fingerprint density at radius 2 is 2.09 bits per heavy atom. The molecule has 60 valence electrons. The molecular formula is C9H10FW-. The summed E-state index contributed by atoms with van der Waals surface area (Å²) in [5.74, 6) is 0.104. The second-order valence-corrected chi connectivity index (χ2v) is 2.60. The summed E-state index contributed by atoms with van der Waals surface area (Å²) in [6, 6.07) is 7.55. The topological polar surface area (TPSA) is 0 Å². The van der Waals surface area contributed by atoms with E-state index < -0.39 is 0 Å². The normalized spacial score (nSPS) is 9.45. The Labute approximate surface area is 81.1 Å². The Hall–Kier alpha value is -0.162. The molecule has 0 aliphatic rings. The fourth-order valence-electron chi connectivity index (χ4n) is 0.890. The first kappa shape index (κ1) is 10.8. The van der Waals surface area contributed by atoms with Crippen molar-refractivity contribution in [3.05, 3.63) is 35.6 Å². The van der Waals surface area contributed by atoms with Gasteiger partial charge in [0.05, 0.1) is 0 Å². The summed E-state index contributed by atoms with van der Waals surface area (Å²) >= 11 is 0. The molecule has 0 heterocycles. The van der Waals surface area contributed by atoms with E-state index in [9.17, 15) is 4.39 Å². The monoisotopic (exact) mass is 321 g/mol. The molecule has 0 N–H and O–H groups in total. The number of rotatable bonds is 1. The van der Waals surface area contributed by atoms with Gasteiger partial charge >= 0.3 is 0 Å². The Morgan fingerprint density at radius 1 is 1.45 bits per heavy atom. The molecule has 0 aromatic heterocycles. The van der Waals surface area contributed by atoms with E-state index >= 15 is 0 Å². The van der Waals surface area contributed by atoms with Crippen LogP contribution in [0.4, 0.5) is 4.39 Å². The summed E-state index contributed by atoms with van der Waals surface area (Å²) in [7, 11) is 0. The fraction of sp³-hybridized carbons (Fsp3) is 0.333. The molecule has 1 rings (SSSR count). The van der Waals surface area contributed by atoms with Crippen molar-refractivity contribution in [1.29, 1.82) is 0 Å². The molecule has 0 radical (unpaired) electrons. The molecule has 0 spiro atoms. The van der Waals surface area contributed by atoms with Gasteiger partial charge in [0.2, 0.25) is 0 Å². The molecule has 0 saturated carbocycles. The fourth-order valence-corrected chi connectivity index (χ4v) is 0.890. The van der Waals surface area contributed by atoms with Gasteiger partial charge in [-0.05, 0) is 5.92 Å². The summed E-state index contributed by atoms with van der Waals surface area (Å²) in [5, 5.41) is 0. The van der Waals surface area contributed by atoms with Gasteiger partial charge < -0.3 is 0 Å². The Bertz CT molecular complexity index is 221. The third kappa shape index (κ3) is 2.75. The van der Waals surface area contributed by atoms with Crippen molar-refractivity contribution >= 4 is 0 Å². The Morgan fingerprint density at radius 3 is 2.45 bits per heavy atom. The summed E-state index contributed by atoms with van der Waals surface area (Å²) in [5.41, 5.74) is 0.763. The molecule has 11 heavy (non-hydrogen) atoms. The van der Waals surface area contributed by atoms with Crippen molar-refractivity contribution in [2.45, 2.75) is 19.8 Å². The maximum Gasteiger partial charge on any atom is 0.0121 e. The maximum atomic E-state index is 12.8. The minimum Gasteiger partial charge on any atom is -0.284 e. The summed E-state index contributed by atoms with van der Waals surface area (Å²) in [6.07, 6.45) is 0. The van der Waals surface area contributed by atoms with E-state index in [1.54, 1.807) is 12.1 Å². The molecule has 0 nitrogen and oxygen atoms in total. The molecule has 0 bridgehead atoms. The summed E-state index contributed by atoms with van der Waals surface area (Å²) in [6.45, 7) is 3.94. The maximum absolute atomic E-state index is 12.8. The first-order chi connectivity index (χ1) is 4.72. The van der Waals surface area contributed by atoms with Gasteiger partial charge in [-0.1, -0.05) is 13.8 Å². The van der Waals surface area contributed by atoms with Crippen LogP contribution in [0.1, 0.15) is 25.3 Å². The van der Waals surface area contributed by atoms with Crippen LogP contribution in [0, 0.1) is 11.9 Å². The van der Waals surface area contributed by atoms with Crippen molar-refractivity contribution in [3.8, 4) is 0 Å². The van der Waals surface area contributed by atoms with Crippen LogP contribution in [-0.4, -0.2) is 0 Å². The van der Waals surface area contributed by atoms with Gasteiger partial charge in [0, 0.05) is 26.9 Å². The SMILES string of the molecule is CC(C)c1cc[c-]cc1F.[W]. The number of halogens is 1. The first-order valence-electron chi connectivity index (χ1n) is 3.37. The zero-order valence-electron chi connectivity index (χ0n) is 6.60. The largest absolute Gasteiger partial charge is 0.284 e. The molecule has 0 amide bonds. The van der Waals surface area contributed by atoms with Gasteiger partial charge in [-0.3, -0.25) is 4.39 Å². The van der Waals surface area contributed by atoms with Crippen molar-refractivity contribution < 1.29 is 25.5 Å². The van der Waals surface area contributed by atoms with E-state index in [0.717, 1.165) is 5.56 Å². The average Bonchev–Trinajstić information content (AvgIpc) is 1.88. The summed E-state index contributed by atoms with van der Waals surface area (Å²) < 4.78 is 12.8. The van der Waals surface area contributed by atoms with E-state index in [-0.39, 0.29) is 32.8 Å². The van der Waals surface area contributed by atoms with Crippen LogP contribution in [0.15, 0.2) is 18.2 Å². The molecule has 1 aromatic rings.